The summed E-state index contributed by atoms with van der Waals surface area (Å²) in [6, 6.07) is 9.71. The second-order valence-corrected chi connectivity index (χ2v) is 5.46. The lowest BCUT2D eigenvalue weighted by atomic mass is 9.97. The molecule has 0 saturated carbocycles. The highest BCUT2D eigenvalue weighted by molar-refractivity contribution is 6.31. The Hall–Kier alpha value is -1.45. The predicted octanol–water partition coefficient (Wildman–Crippen LogP) is 4.82. The zero-order valence-corrected chi connectivity index (χ0v) is 12.8. The quantitative estimate of drug-likeness (QED) is 0.835. The highest BCUT2D eigenvalue weighted by atomic mass is 35.5. The summed E-state index contributed by atoms with van der Waals surface area (Å²) >= 11 is 6.24. The van der Waals surface area contributed by atoms with Crippen LogP contribution < -0.4 is 5.32 Å². The molecule has 2 aromatic carbocycles. The molecule has 1 nitrogen and oxygen atoms in total. The number of benzene rings is 2. The summed E-state index contributed by atoms with van der Waals surface area (Å²) in [5, 5.41) is 3.84. The van der Waals surface area contributed by atoms with E-state index in [1.165, 1.54) is 6.07 Å². The van der Waals surface area contributed by atoms with Crippen molar-refractivity contribution in [3.05, 3.63) is 69.7 Å². The van der Waals surface area contributed by atoms with Gasteiger partial charge >= 0.3 is 0 Å². The van der Waals surface area contributed by atoms with E-state index in [-0.39, 0.29) is 6.04 Å². The monoisotopic (exact) mass is 309 g/mol. The number of aryl methyl sites for hydroxylation is 1. The van der Waals surface area contributed by atoms with Crippen LogP contribution in [0, 0.1) is 18.6 Å². The van der Waals surface area contributed by atoms with Crippen LogP contribution in [0.1, 0.15) is 29.7 Å². The molecular formula is C17H18ClF2N. The molecule has 2 rings (SSSR count). The second kappa shape index (κ2) is 7.01. The molecule has 0 aliphatic heterocycles. The van der Waals surface area contributed by atoms with Gasteiger partial charge in [-0.1, -0.05) is 42.8 Å². The highest BCUT2D eigenvalue weighted by Crippen LogP contribution is 2.26. The fourth-order valence-corrected chi connectivity index (χ4v) is 2.68. The van der Waals surface area contributed by atoms with Gasteiger partial charge in [0.1, 0.15) is 0 Å². The smallest absolute Gasteiger partial charge is 0.163 e. The molecule has 0 spiro atoms. The topological polar surface area (TPSA) is 12.0 Å². The van der Waals surface area contributed by atoms with Crippen LogP contribution in [0.4, 0.5) is 8.78 Å². The van der Waals surface area contributed by atoms with Gasteiger partial charge in [-0.2, -0.15) is 0 Å². The highest BCUT2D eigenvalue weighted by Gasteiger charge is 2.19. The van der Waals surface area contributed by atoms with Gasteiger partial charge in [0.2, 0.25) is 0 Å². The SMILES string of the molecule is CCNC(Cc1ccc(C)cc1Cl)c1cccc(F)c1F. The van der Waals surface area contributed by atoms with Gasteiger partial charge in [-0.15, -0.1) is 0 Å². The van der Waals surface area contributed by atoms with Gasteiger partial charge in [0, 0.05) is 16.6 Å². The molecule has 0 fully saturated rings. The number of hydrogen-bond donors (Lipinski definition) is 1. The summed E-state index contributed by atoms with van der Waals surface area (Å²) < 4.78 is 27.4. The molecule has 0 saturated heterocycles. The zero-order chi connectivity index (χ0) is 15.4. The number of rotatable bonds is 5. The molecule has 112 valence electrons. The van der Waals surface area contributed by atoms with E-state index in [4.69, 9.17) is 11.6 Å². The Balaban J connectivity index is 2.33. The van der Waals surface area contributed by atoms with E-state index < -0.39 is 11.6 Å². The van der Waals surface area contributed by atoms with Crippen LogP contribution in [-0.2, 0) is 6.42 Å². The van der Waals surface area contributed by atoms with Crippen molar-refractivity contribution in [1.82, 2.24) is 5.32 Å². The lowest BCUT2D eigenvalue weighted by Gasteiger charge is -2.20. The van der Waals surface area contributed by atoms with Crippen molar-refractivity contribution in [2.75, 3.05) is 6.54 Å². The number of hydrogen-bond acceptors (Lipinski definition) is 1. The van der Waals surface area contributed by atoms with Crippen molar-refractivity contribution >= 4 is 11.6 Å². The minimum atomic E-state index is -0.828. The van der Waals surface area contributed by atoms with Crippen LogP contribution in [0.15, 0.2) is 36.4 Å². The minimum Gasteiger partial charge on any atom is -0.310 e. The molecule has 0 aliphatic rings. The van der Waals surface area contributed by atoms with Crippen molar-refractivity contribution in [2.45, 2.75) is 26.3 Å². The molecule has 21 heavy (non-hydrogen) atoms. The van der Waals surface area contributed by atoms with Crippen molar-refractivity contribution in [1.29, 1.82) is 0 Å². The molecular weight excluding hydrogens is 292 g/mol. The lowest BCUT2D eigenvalue weighted by molar-refractivity contribution is 0.464. The van der Waals surface area contributed by atoms with Crippen molar-refractivity contribution in [3.8, 4) is 0 Å². The average Bonchev–Trinajstić information content (AvgIpc) is 2.44. The maximum absolute atomic E-state index is 14.0. The normalized spacial score (nSPS) is 12.4. The summed E-state index contributed by atoms with van der Waals surface area (Å²) in [6.45, 7) is 4.55. The second-order valence-electron chi connectivity index (χ2n) is 5.05. The molecule has 1 N–H and O–H groups in total. The first-order chi connectivity index (χ1) is 10.0. The Morgan fingerprint density at radius 2 is 1.95 bits per heavy atom. The van der Waals surface area contributed by atoms with Gasteiger partial charge in [0.15, 0.2) is 11.6 Å². The Morgan fingerprint density at radius 3 is 2.62 bits per heavy atom. The third kappa shape index (κ3) is 3.80. The maximum atomic E-state index is 14.0. The molecule has 1 atom stereocenters. The van der Waals surface area contributed by atoms with E-state index in [0.29, 0.717) is 23.6 Å². The van der Waals surface area contributed by atoms with E-state index >= 15 is 0 Å². The molecule has 0 aromatic heterocycles. The molecule has 0 heterocycles. The van der Waals surface area contributed by atoms with E-state index in [0.717, 1.165) is 17.2 Å². The fourth-order valence-electron chi connectivity index (χ4n) is 2.37. The van der Waals surface area contributed by atoms with Crippen molar-refractivity contribution in [2.24, 2.45) is 0 Å². The average molecular weight is 310 g/mol. The molecule has 1 unspecified atom stereocenters. The summed E-state index contributed by atoms with van der Waals surface area (Å²) in [5.74, 6) is -1.63. The number of nitrogens with one attached hydrogen (secondary N) is 1. The standard InChI is InChI=1S/C17H18ClF2N/c1-3-21-16(13-5-4-6-15(19)17(13)20)10-12-8-7-11(2)9-14(12)18/h4-9,16,21H,3,10H2,1-2H3. The van der Waals surface area contributed by atoms with Gasteiger partial charge in [-0.05, 0) is 43.1 Å². The van der Waals surface area contributed by atoms with E-state index in [1.807, 2.05) is 32.0 Å². The molecule has 2 aromatic rings. The summed E-state index contributed by atoms with van der Waals surface area (Å²) in [5.41, 5.74) is 2.31. The molecule has 4 heteroatoms. The van der Waals surface area contributed by atoms with Crippen LogP contribution >= 0.6 is 11.6 Å². The molecule has 0 aliphatic carbocycles. The van der Waals surface area contributed by atoms with Gasteiger partial charge in [-0.25, -0.2) is 8.78 Å². The maximum Gasteiger partial charge on any atom is 0.163 e. The van der Waals surface area contributed by atoms with Gasteiger partial charge in [-0.3, -0.25) is 0 Å². The lowest BCUT2D eigenvalue weighted by Crippen LogP contribution is -2.24. The predicted molar refractivity (Wildman–Crippen MR) is 82.7 cm³/mol. The Labute approximate surface area is 128 Å². The summed E-state index contributed by atoms with van der Waals surface area (Å²) in [4.78, 5) is 0. The van der Waals surface area contributed by atoms with Crippen LogP contribution in [0.2, 0.25) is 5.02 Å². The largest absolute Gasteiger partial charge is 0.310 e. The van der Waals surface area contributed by atoms with E-state index in [9.17, 15) is 8.78 Å². The summed E-state index contributed by atoms with van der Waals surface area (Å²) in [6.07, 6.45) is 0.507. The van der Waals surface area contributed by atoms with Crippen molar-refractivity contribution < 1.29 is 8.78 Å². The van der Waals surface area contributed by atoms with Crippen LogP contribution in [0.25, 0.3) is 0 Å². The number of likely N-dealkylation sites (N-methyl/N-ethyl adjacent to an activating group) is 1. The summed E-state index contributed by atoms with van der Waals surface area (Å²) in [7, 11) is 0. The van der Waals surface area contributed by atoms with Gasteiger partial charge in [0.05, 0.1) is 0 Å². The Bertz CT molecular complexity index is 628. The zero-order valence-electron chi connectivity index (χ0n) is 12.1. The first-order valence-corrected chi connectivity index (χ1v) is 7.33. The minimum absolute atomic E-state index is 0.314. The van der Waals surface area contributed by atoms with Crippen molar-refractivity contribution in [3.63, 3.8) is 0 Å². The third-order valence-corrected chi connectivity index (χ3v) is 3.79. The Morgan fingerprint density at radius 1 is 1.19 bits per heavy atom. The molecule has 0 radical (unpaired) electrons. The van der Waals surface area contributed by atoms with E-state index in [2.05, 4.69) is 5.32 Å². The van der Waals surface area contributed by atoms with Gasteiger partial charge in [0.25, 0.3) is 0 Å². The fraction of sp³-hybridized carbons (Fsp3) is 0.294. The Kier molecular flexibility index (Phi) is 5.32. The number of halogens is 3. The molecule has 0 amide bonds. The first-order valence-electron chi connectivity index (χ1n) is 6.95. The van der Waals surface area contributed by atoms with Gasteiger partial charge < -0.3 is 5.32 Å². The van der Waals surface area contributed by atoms with E-state index in [1.54, 1.807) is 6.07 Å². The van der Waals surface area contributed by atoms with Crippen LogP contribution in [0.3, 0.4) is 0 Å². The first kappa shape index (κ1) is 15.9. The third-order valence-electron chi connectivity index (χ3n) is 3.44. The van der Waals surface area contributed by atoms with Crippen LogP contribution in [-0.4, -0.2) is 6.54 Å². The van der Waals surface area contributed by atoms with Crippen LogP contribution in [0.5, 0.6) is 0 Å². The molecule has 0 bridgehead atoms.